The quantitative estimate of drug-likeness (QED) is 0.688. The van der Waals surface area contributed by atoms with Crippen LogP contribution in [0.4, 0.5) is 5.82 Å². The number of nitrogen functional groups attached to an aromatic ring is 1. The molecular formula is C11H19N3O. The van der Waals surface area contributed by atoms with Gasteiger partial charge in [-0.05, 0) is 25.0 Å². The fourth-order valence-corrected chi connectivity index (χ4v) is 1.71. The van der Waals surface area contributed by atoms with Gasteiger partial charge in [-0.1, -0.05) is 13.3 Å². The summed E-state index contributed by atoms with van der Waals surface area (Å²) in [6.07, 6.45) is 3.13. The van der Waals surface area contributed by atoms with E-state index in [1.165, 1.54) is 0 Å². The maximum atomic E-state index is 10.4. The van der Waals surface area contributed by atoms with E-state index in [-0.39, 0.29) is 6.54 Å². The van der Waals surface area contributed by atoms with Crippen LogP contribution in [0.15, 0.2) is 12.3 Å². The zero-order valence-electron chi connectivity index (χ0n) is 9.33. The van der Waals surface area contributed by atoms with E-state index in [1.807, 2.05) is 19.9 Å². The fraction of sp³-hybridized carbons (Fsp3) is 0.545. The van der Waals surface area contributed by atoms with Crippen molar-refractivity contribution in [1.82, 2.24) is 4.98 Å². The molecule has 0 saturated heterocycles. The minimum absolute atomic E-state index is 0.163. The third kappa shape index (κ3) is 2.46. The summed E-state index contributed by atoms with van der Waals surface area (Å²) >= 11 is 0. The summed E-state index contributed by atoms with van der Waals surface area (Å²) in [5.41, 5.74) is 11.9. The zero-order chi connectivity index (χ0) is 11.5. The molecule has 0 radical (unpaired) electrons. The van der Waals surface area contributed by atoms with Crippen LogP contribution in [0.2, 0.25) is 0 Å². The molecule has 0 spiro atoms. The van der Waals surface area contributed by atoms with Gasteiger partial charge in [-0.2, -0.15) is 0 Å². The first-order chi connectivity index (χ1) is 7.03. The molecule has 0 fully saturated rings. The van der Waals surface area contributed by atoms with Gasteiger partial charge in [-0.15, -0.1) is 0 Å². The van der Waals surface area contributed by atoms with Crippen molar-refractivity contribution in [3.05, 3.63) is 23.4 Å². The van der Waals surface area contributed by atoms with Crippen molar-refractivity contribution in [2.24, 2.45) is 5.73 Å². The van der Waals surface area contributed by atoms with Gasteiger partial charge in [-0.25, -0.2) is 4.98 Å². The smallest absolute Gasteiger partial charge is 0.129 e. The van der Waals surface area contributed by atoms with E-state index in [0.29, 0.717) is 17.8 Å². The monoisotopic (exact) mass is 209 g/mol. The summed E-state index contributed by atoms with van der Waals surface area (Å²) in [6.45, 7) is 4.08. The highest BCUT2D eigenvalue weighted by atomic mass is 16.3. The predicted octanol–water partition coefficient (Wildman–Crippen LogP) is 0.919. The number of nitrogens with two attached hydrogens (primary N) is 2. The molecule has 1 aromatic rings. The number of hydrogen-bond donors (Lipinski definition) is 3. The third-order valence-electron chi connectivity index (χ3n) is 2.56. The first-order valence-corrected chi connectivity index (χ1v) is 5.18. The number of anilines is 1. The van der Waals surface area contributed by atoms with Crippen molar-refractivity contribution in [2.45, 2.75) is 32.3 Å². The molecule has 1 aromatic heterocycles. The van der Waals surface area contributed by atoms with E-state index >= 15 is 0 Å². The summed E-state index contributed by atoms with van der Waals surface area (Å²) in [6, 6.07) is 1.85. The lowest BCUT2D eigenvalue weighted by molar-refractivity contribution is 0.0364. The Morgan fingerprint density at radius 1 is 1.53 bits per heavy atom. The van der Waals surface area contributed by atoms with Gasteiger partial charge in [0.2, 0.25) is 0 Å². The molecule has 0 saturated carbocycles. The minimum Gasteiger partial charge on any atom is -0.384 e. The maximum Gasteiger partial charge on any atom is 0.129 e. The Morgan fingerprint density at radius 3 is 2.73 bits per heavy atom. The fourth-order valence-electron chi connectivity index (χ4n) is 1.71. The van der Waals surface area contributed by atoms with E-state index in [0.717, 1.165) is 12.0 Å². The highest BCUT2D eigenvalue weighted by Crippen LogP contribution is 2.29. The molecule has 0 aromatic carbocycles. The van der Waals surface area contributed by atoms with Crippen LogP contribution in [-0.4, -0.2) is 16.6 Å². The van der Waals surface area contributed by atoms with Crippen molar-refractivity contribution in [3.8, 4) is 0 Å². The lowest BCUT2D eigenvalue weighted by atomic mass is 9.89. The van der Waals surface area contributed by atoms with Gasteiger partial charge >= 0.3 is 0 Å². The first kappa shape index (κ1) is 11.9. The number of pyridine rings is 1. The summed E-state index contributed by atoms with van der Waals surface area (Å²) in [4.78, 5) is 4.04. The summed E-state index contributed by atoms with van der Waals surface area (Å²) in [7, 11) is 0. The van der Waals surface area contributed by atoms with Gasteiger partial charge in [0, 0.05) is 18.3 Å². The Bertz CT molecular complexity index is 341. The van der Waals surface area contributed by atoms with E-state index in [2.05, 4.69) is 4.98 Å². The zero-order valence-corrected chi connectivity index (χ0v) is 9.33. The average molecular weight is 209 g/mol. The molecule has 1 unspecified atom stereocenters. The van der Waals surface area contributed by atoms with Crippen molar-refractivity contribution in [3.63, 3.8) is 0 Å². The summed E-state index contributed by atoms with van der Waals surface area (Å²) in [5.74, 6) is 0.363. The molecule has 0 bridgehead atoms. The Labute approximate surface area is 90.3 Å². The first-order valence-electron chi connectivity index (χ1n) is 5.18. The summed E-state index contributed by atoms with van der Waals surface area (Å²) in [5, 5.41) is 10.4. The number of rotatable bonds is 4. The lowest BCUT2D eigenvalue weighted by Crippen LogP contribution is -2.35. The molecule has 4 heteroatoms. The maximum absolute atomic E-state index is 10.4. The van der Waals surface area contributed by atoms with Crippen LogP contribution in [0.1, 0.15) is 30.9 Å². The molecular weight excluding hydrogens is 190 g/mol. The van der Waals surface area contributed by atoms with Gasteiger partial charge in [-0.3, -0.25) is 0 Å². The third-order valence-corrected chi connectivity index (χ3v) is 2.56. The van der Waals surface area contributed by atoms with Crippen molar-refractivity contribution < 1.29 is 5.11 Å². The van der Waals surface area contributed by atoms with Crippen LogP contribution in [-0.2, 0) is 5.60 Å². The van der Waals surface area contributed by atoms with Crippen LogP contribution in [0, 0.1) is 6.92 Å². The molecule has 5 N–H and O–H groups in total. The molecule has 1 heterocycles. The second kappa shape index (κ2) is 4.59. The number of nitrogens with zero attached hydrogens (tertiary/aromatic N) is 1. The van der Waals surface area contributed by atoms with Gasteiger partial charge in [0.15, 0.2) is 0 Å². The standard InChI is InChI=1S/C11H19N3O/c1-3-4-11(15,7-12)9-5-8(2)6-14-10(9)13/h5-6,15H,3-4,7,12H2,1-2H3,(H2,13,14). The number of aliphatic hydroxyl groups is 1. The Balaban J connectivity index is 3.16. The van der Waals surface area contributed by atoms with Gasteiger partial charge < -0.3 is 16.6 Å². The van der Waals surface area contributed by atoms with Gasteiger partial charge in [0.1, 0.15) is 11.4 Å². The van der Waals surface area contributed by atoms with Crippen LogP contribution in [0.3, 0.4) is 0 Å². The van der Waals surface area contributed by atoms with Crippen molar-refractivity contribution >= 4 is 5.82 Å². The number of aromatic nitrogens is 1. The minimum atomic E-state index is -1.04. The second-order valence-corrected chi connectivity index (χ2v) is 3.93. The van der Waals surface area contributed by atoms with E-state index in [1.54, 1.807) is 6.20 Å². The highest BCUT2D eigenvalue weighted by molar-refractivity contribution is 5.44. The van der Waals surface area contributed by atoms with Gasteiger partial charge in [0.25, 0.3) is 0 Å². The van der Waals surface area contributed by atoms with Gasteiger partial charge in [0.05, 0.1) is 0 Å². The molecule has 1 rings (SSSR count). The Hall–Kier alpha value is -1.13. The highest BCUT2D eigenvalue weighted by Gasteiger charge is 2.29. The Morgan fingerprint density at radius 2 is 2.20 bits per heavy atom. The molecule has 15 heavy (non-hydrogen) atoms. The average Bonchev–Trinajstić information content (AvgIpc) is 2.22. The Kier molecular flexibility index (Phi) is 3.66. The normalized spacial score (nSPS) is 14.9. The van der Waals surface area contributed by atoms with Crippen LogP contribution >= 0.6 is 0 Å². The van der Waals surface area contributed by atoms with Crippen LogP contribution in [0.25, 0.3) is 0 Å². The molecule has 0 aliphatic rings. The second-order valence-electron chi connectivity index (χ2n) is 3.93. The topological polar surface area (TPSA) is 85.2 Å². The number of aryl methyl sites for hydroxylation is 1. The molecule has 0 aliphatic heterocycles. The summed E-state index contributed by atoms with van der Waals surface area (Å²) < 4.78 is 0. The van der Waals surface area contributed by atoms with Crippen molar-refractivity contribution in [1.29, 1.82) is 0 Å². The molecule has 84 valence electrons. The van der Waals surface area contributed by atoms with Crippen LogP contribution in [0.5, 0.6) is 0 Å². The SMILES string of the molecule is CCCC(O)(CN)c1cc(C)cnc1N. The molecule has 0 aliphatic carbocycles. The molecule has 1 atom stereocenters. The predicted molar refractivity (Wildman–Crippen MR) is 61.2 cm³/mol. The van der Waals surface area contributed by atoms with E-state index in [4.69, 9.17) is 11.5 Å². The molecule has 0 amide bonds. The van der Waals surface area contributed by atoms with Crippen molar-refractivity contribution in [2.75, 3.05) is 12.3 Å². The van der Waals surface area contributed by atoms with Crippen LogP contribution < -0.4 is 11.5 Å². The lowest BCUT2D eigenvalue weighted by Gasteiger charge is -2.27. The molecule has 4 nitrogen and oxygen atoms in total. The largest absolute Gasteiger partial charge is 0.384 e. The number of hydrogen-bond acceptors (Lipinski definition) is 4. The van der Waals surface area contributed by atoms with E-state index in [9.17, 15) is 5.11 Å². The van der Waals surface area contributed by atoms with E-state index < -0.39 is 5.60 Å².